The second kappa shape index (κ2) is 8.84. The number of benzene rings is 2. The first-order valence-corrected chi connectivity index (χ1v) is 9.99. The van der Waals surface area contributed by atoms with Crippen molar-refractivity contribution in [3.05, 3.63) is 52.0 Å². The summed E-state index contributed by atoms with van der Waals surface area (Å²) in [5.74, 6) is 1.96. The van der Waals surface area contributed by atoms with Crippen LogP contribution < -0.4 is 10.1 Å². The smallest absolute Gasteiger partial charge is 0.224 e. The molecule has 25 heavy (non-hydrogen) atoms. The second-order valence-electron chi connectivity index (χ2n) is 5.85. The lowest BCUT2D eigenvalue weighted by Crippen LogP contribution is -2.18. The highest BCUT2D eigenvalue weighted by Gasteiger charge is 2.14. The molecule has 0 radical (unpaired) electrons. The minimum absolute atomic E-state index is 0.0839. The zero-order chi connectivity index (χ0) is 17.6. The van der Waals surface area contributed by atoms with Crippen LogP contribution >= 0.6 is 35.0 Å². The average Bonchev–Trinajstić information content (AvgIpc) is 2.61. The molecule has 6 heteroatoms. The Hall–Kier alpha value is -1.36. The van der Waals surface area contributed by atoms with E-state index in [-0.39, 0.29) is 5.91 Å². The number of hydrogen-bond donors (Lipinski definition) is 1. The van der Waals surface area contributed by atoms with E-state index in [9.17, 15) is 4.79 Å². The highest BCUT2D eigenvalue weighted by Crippen LogP contribution is 2.29. The molecule has 0 bridgehead atoms. The van der Waals surface area contributed by atoms with Crippen LogP contribution in [0.1, 0.15) is 24.8 Å². The molecular weight excluding hydrogens is 377 g/mol. The number of rotatable bonds is 7. The molecule has 132 valence electrons. The third kappa shape index (κ3) is 5.30. The molecule has 1 amide bonds. The van der Waals surface area contributed by atoms with Crippen molar-refractivity contribution in [2.24, 2.45) is 0 Å². The number of amides is 1. The van der Waals surface area contributed by atoms with Crippen molar-refractivity contribution in [2.75, 3.05) is 17.7 Å². The van der Waals surface area contributed by atoms with E-state index in [1.165, 1.54) is 0 Å². The first kappa shape index (κ1) is 18.4. The molecule has 0 unspecified atom stereocenters. The first-order valence-electron chi connectivity index (χ1n) is 8.25. The molecule has 0 saturated heterocycles. The Morgan fingerprint density at radius 3 is 2.76 bits per heavy atom. The van der Waals surface area contributed by atoms with Crippen molar-refractivity contribution in [1.29, 1.82) is 0 Å². The SMILES string of the molecule is O=C1CCc2cc(OCCCCSc3ccc(Cl)c(Cl)c3)ccc2N1. The Kier molecular flexibility index (Phi) is 6.51. The normalized spacial score (nSPS) is 13.3. The van der Waals surface area contributed by atoms with Crippen molar-refractivity contribution in [3.8, 4) is 5.75 Å². The number of halogens is 2. The van der Waals surface area contributed by atoms with E-state index in [2.05, 4.69) is 5.32 Å². The molecule has 0 aromatic heterocycles. The summed E-state index contributed by atoms with van der Waals surface area (Å²) in [5.41, 5.74) is 2.05. The fraction of sp³-hybridized carbons (Fsp3) is 0.316. The fourth-order valence-corrected chi connectivity index (χ4v) is 3.91. The maximum absolute atomic E-state index is 11.4. The van der Waals surface area contributed by atoms with Gasteiger partial charge in [-0.3, -0.25) is 4.79 Å². The lowest BCUT2D eigenvalue weighted by atomic mass is 10.0. The summed E-state index contributed by atoms with van der Waals surface area (Å²) in [6.07, 6.45) is 3.37. The zero-order valence-electron chi connectivity index (χ0n) is 13.7. The van der Waals surface area contributed by atoms with Crippen molar-refractivity contribution in [2.45, 2.75) is 30.6 Å². The van der Waals surface area contributed by atoms with Crippen LogP contribution in [-0.2, 0) is 11.2 Å². The van der Waals surface area contributed by atoms with Crippen molar-refractivity contribution < 1.29 is 9.53 Å². The average molecular weight is 396 g/mol. The van der Waals surface area contributed by atoms with Gasteiger partial charge in [0.2, 0.25) is 5.91 Å². The van der Waals surface area contributed by atoms with Gasteiger partial charge in [0.25, 0.3) is 0 Å². The summed E-state index contributed by atoms with van der Waals surface area (Å²) in [7, 11) is 0. The van der Waals surface area contributed by atoms with Gasteiger partial charge in [0, 0.05) is 17.0 Å². The number of unbranched alkanes of at least 4 members (excludes halogenated alkanes) is 1. The number of carbonyl (C=O) groups is 1. The van der Waals surface area contributed by atoms with Gasteiger partial charge >= 0.3 is 0 Å². The maximum atomic E-state index is 11.4. The molecular formula is C19H19Cl2NO2S. The molecule has 1 aliphatic rings. The summed E-state index contributed by atoms with van der Waals surface area (Å²) >= 11 is 13.7. The number of thioether (sulfide) groups is 1. The van der Waals surface area contributed by atoms with Crippen LogP contribution in [0, 0.1) is 0 Å². The summed E-state index contributed by atoms with van der Waals surface area (Å²) < 4.78 is 5.83. The van der Waals surface area contributed by atoms with Crippen molar-refractivity contribution in [1.82, 2.24) is 0 Å². The van der Waals surface area contributed by atoms with E-state index in [0.717, 1.165) is 46.9 Å². The summed E-state index contributed by atoms with van der Waals surface area (Å²) in [5, 5.41) is 4.06. The Morgan fingerprint density at radius 2 is 1.92 bits per heavy atom. The molecule has 3 nitrogen and oxygen atoms in total. The molecule has 0 aliphatic carbocycles. The van der Waals surface area contributed by atoms with Gasteiger partial charge in [-0.15, -0.1) is 11.8 Å². The van der Waals surface area contributed by atoms with E-state index < -0.39 is 0 Å². The molecule has 0 saturated carbocycles. The Labute approximate surface area is 162 Å². The molecule has 3 rings (SSSR count). The van der Waals surface area contributed by atoms with E-state index in [1.54, 1.807) is 11.8 Å². The lowest BCUT2D eigenvalue weighted by molar-refractivity contribution is -0.116. The Bertz CT molecular complexity index is 767. The highest BCUT2D eigenvalue weighted by molar-refractivity contribution is 7.99. The van der Waals surface area contributed by atoms with Crippen LogP contribution in [0.4, 0.5) is 5.69 Å². The molecule has 2 aromatic carbocycles. The van der Waals surface area contributed by atoms with Crippen LogP contribution in [-0.4, -0.2) is 18.3 Å². The number of carbonyl (C=O) groups excluding carboxylic acids is 1. The molecule has 0 atom stereocenters. The van der Waals surface area contributed by atoms with Gasteiger partial charge in [-0.1, -0.05) is 23.2 Å². The van der Waals surface area contributed by atoms with Gasteiger partial charge in [0.05, 0.1) is 16.7 Å². The van der Waals surface area contributed by atoms with E-state index in [0.29, 0.717) is 23.1 Å². The summed E-state index contributed by atoms with van der Waals surface area (Å²) in [6, 6.07) is 11.6. The van der Waals surface area contributed by atoms with Gasteiger partial charge in [0.1, 0.15) is 5.75 Å². The molecule has 0 spiro atoms. The van der Waals surface area contributed by atoms with E-state index in [4.69, 9.17) is 27.9 Å². The number of anilines is 1. The van der Waals surface area contributed by atoms with Gasteiger partial charge in [-0.2, -0.15) is 0 Å². The lowest BCUT2D eigenvalue weighted by Gasteiger charge is -2.17. The van der Waals surface area contributed by atoms with E-state index in [1.807, 2.05) is 36.4 Å². The molecule has 1 heterocycles. The standard InChI is InChI=1S/C19H19Cl2NO2S/c20-16-6-5-15(12-17(16)21)25-10-2-1-9-24-14-4-7-18-13(11-14)3-8-19(23)22-18/h4-7,11-12H,1-3,8-10H2,(H,22,23). The van der Waals surface area contributed by atoms with Crippen molar-refractivity contribution in [3.63, 3.8) is 0 Å². The van der Waals surface area contributed by atoms with Gasteiger partial charge in [0.15, 0.2) is 0 Å². The monoisotopic (exact) mass is 395 g/mol. The predicted octanol–water partition coefficient (Wildman–Crippen LogP) is 5.83. The molecule has 2 aromatic rings. The Balaban J connectivity index is 1.37. The molecule has 0 fully saturated rings. The second-order valence-corrected chi connectivity index (χ2v) is 7.83. The van der Waals surface area contributed by atoms with Gasteiger partial charge < -0.3 is 10.1 Å². The van der Waals surface area contributed by atoms with Crippen LogP contribution in [0.15, 0.2) is 41.3 Å². The molecule has 1 N–H and O–H groups in total. The first-order chi connectivity index (χ1) is 12.1. The van der Waals surface area contributed by atoms with Crippen LogP contribution in [0.2, 0.25) is 10.0 Å². The topological polar surface area (TPSA) is 38.3 Å². The van der Waals surface area contributed by atoms with Crippen molar-refractivity contribution >= 4 is 46.6 Å². The number of ether oxygens (including phenoxy) is 1. The largest absolute Gasteiger partial charge is 0.494 e. The highest BCUT2D eigenvalue weighted by atomic mass is 35.5. The summed E-state index contributed by atoms with van der Waals surface area (Å²) in [6.45, 7) is 0.688. The maximum Gasteiger partial charge on any atom is 0.224 e. The van der Waals surface area contributed by atoms with Gasteiger partial charge in [-0.05, 0) is 67.0 Å². The quantitative estimate of drug-likeness (QED) is 0.473. The minimum atomic E-state index is 0.0839. The van der Waals surface area contributed by atoms with Crippen LogP contribution in [0.3, 0.4) is 0 Å². The minimum Gasteiger partial charge on any atom is -0.494 e. The van der Waals surface area contributed by atoms with Gasteiger partial charge in [-0.25, -0.2) is 0 Å². The molecule has 1 aliphatic heterocycles. The predicted molar refractivity (Wildman–Crippen MR) is 105 cm³/mol. The Morgan fingerprint density at radius 1 is 1.04 bits per heavy atom. The van der Waals surface area contributed by atoms with Crippen LogP contribution in [0.25, 0.3) is 0 Å². The van der Waals surface area contributed by atoms with E-state index >= 15 is 0 Å². The summed E-state index contributed by atoms with van der Waals surface area (Å²) in [4.78, 5) is 12.5. The van der Waals surface area contributed by atoms with Crippen LogP contribution in [0.5, 0.6) is 5.75 Å². The fourth-order valence-electron chi connectivity index (χ4n) is 2.60. The number of fused-ring (bicyclic) bond motifs is 1. The number of nitrogens with one attached hydrogen (secondary N) is 1. The zero-order valence-corrected chi connectivity index (χ0v) is 16.0. The third-order valence-electron chi connectivity index (χ3n) is 3.94. The number of hydrogen-bond acceptors (Lipinski definition) is 3. The number of aryl methyl sites for hydroxylation is 1. The third-order valence-corrected chi connectivity index (χ3v) is 5.76.